The van der Waals surface area contributed by atoms with Gasteiger partial charge in [0, 0.05) is 16.9 Å². The SMILES string of the molecule is CCCNC(c1ccc(Cl)c(Br)c1)c1cnccc1C. The number of hydrogen-bond donors (Lipinski definition) is 1. The number of nitrogens with zero attached hydrogens (tertiary/aromatic N) is 1. The Bertz CT molecular complexity index is 586. The number of nitrogens with one attached hydrogen (secondary N) is 1. The van der Waals surface area contributed by atoms with E-state index >= 15 is 0 Å². The minimum atomic E-state index is 0.136. The van der Waals surface area contributed by atoms with Gasteiger partial charge in [-0.2, -0.15) is 0 Å². The molecule has 1 heterocycles. The first-order valence-corrected chi connectivity index (χ1v) is 7.89. The van der Waals surface area contributed by atoms with Gasteiger partial charge < -0.3 is 5.32 Å². The molecule has 1 atom stereocenters. The van der Waals surface area contributed by atoms with Crippen molar-refractivity contribution in [2.75, 3.05) is 6.54 Å². The second kappa shape index (κ2) is 7.21. The van der Waals surface area contributed by atoms with E-state index in [2.05, 4.69) is 52.2 Å². The first kappa shape index (κ1) is 15.5. The lowest BCUT2D eigenvalue weighted by molar-refractivity contribution is 0.594. The minimum absolute atomic E-state index is 0.136. The van der Waals surface area contributed by atoms with Crippen molar-refractivity contribution >= 4 is 27.5 Å². The van der Waals surface area contributed by atoms with Crippen molar-refractivity contribution in [1.82, 2.24) is 10.3 Å². The van der Waals surface area contributed by atoms with Gasteiger partial charge in [0.05, 0.1) is 11.1 Å². The molecule has 0 spiro atoms. The molecule has 0 saturated heterocycles. The molecule has 0 fully saturated rings. The topological polar surface area (TPSA) is 24.9 Å². The predicted octanol–water partition coefficient (Wildman–Crippen LogP) is 4.89. The zero-order valence-corrected chi connectivity index (χ0v) is 14.0. The maximum Gasteiger partial charge on any atom is 0.0595 e. The van der Waals surface area contributed by atoms with Gasteiger partial charge in [0.2, 0.25) is 0 Å². The van der Waals surface area contributed by atoms with Gasteiger partial charge in [-0.15, -0.1) is 0 Å². The molecular weight excluding hydrogens is 336 g/mol. The largest absolute Gasteiger partial charge is 0.306 e. The third-order valence-corrected chi connectivity index (χ3v) is 4.48. The highest BCUT2D eigenvalue weighted by molar-refractivity contribution is 9.10. The van der Waals surface area contributed by atoms with Crippen LogP contribution in [0.2, 0.25) is 5.02 Å². The van der Waals surface area contributed by atoms with E-state index in [1.165, 1.54) is 16.7 Å². The van der Waals surface area contributed by atoms with Crippen LogP contribution in [0.25, 0.3) is 0 Å². The van der Waals surface area contributed by atoms with E-state index in [4.69, 9.17) is 11.6 Å². The standard InChI is InChI=1S/C16H18BrClN2/c1-3-7-20-16(13-10-19-8-6-11(13)2)12-4-5-15(18)14(17)9-12/h4-6,8-10,16,20H,3,7H2,1-2H3. The Kier molecular flexibility index (Phi) is 5.58. The number of aromatic nitrogens is 1. The molecule has 0 aliphatic heterocycles. The van der Waals surface area contributed by atoms with Gasteiger partial charge in [0.1, 0.15) is 0 Å². The molecule has 1 N–H and O–H groups in total. The van der Waals surface area contributed by atoms with Crippen molar-refractivity contribution in [2.24, 2.45) is 0 Å². The molecule has 2 nitrogen and oxygen atoms in total. The molecule has 20 heavy (non-hydrogen) atoms. The van der Waals surface area contributed by atoms with Crippen LogP contribution in [0.15, 0.2) is 41.1 Å². The van der Waals surface area contributed by atoms with Crippen LogP contribution in [0.1, 0.15) is 36.1 Å². The Hall–Kier alpha value is -0.900. The van der Waals surface area contributed by atoms with Crippen LogP contribution in [0.3, 0.4) is 0 Å². The summed E-state index contributed by atoms with van der Waals surface area (Å²) in [5, 5.41) is 4.31. The van der Waals surface area contributed by atoms with Crippen molar-refractivity contribution in [3.8, 4) is 0 Å². The predicted molar refractivity (Wildman–Crippen MR) is 88.3 cm³/mol. The van der Waals surface area contributed by atoms with E-state index in [0.29, 0.717) is 0 Å². The Morgan fingerprint density at radius 2 is 2.15 bits per heavy atom. The summed E-state index contributed by atoms with van der Waals surface area (Å²) in [6.45, 7) is 5.24. The van der Waals surface area contributed by atoms with Crippen LogP contribution in [-0.4, -0.2) is 11.5 Å². The number of hydrogen-bond acceptors (Lipinski definition) is 2. The third-order valence-electron chi connectivity index (χ3n) is 3.27. The molecular formula is C16H18BrClN2. The number of benzene rings is 1. The lowest BCUT2D eigenvalue weighted by Gasteiger charge is -2.21. The molecule has 0 amide bonds. The van der Waals surface area contributed by atoms with Gasteiger partial charge >= 0.3 is 0 Å². The number of aryl methyl sites for hydroxylation is 1. The van der Waals surface area contributed by atoms with E-state index in [0.717, 1.165) is 22.5 Å². The fourth-order valence-electron chi connectivity index (χ4n) is 2.17. The molecule has 2 aromatic rings. The first-order valence-electron chi connectivity index (χ1n) is 6.72. The molecule has 2 rings (SSSR count). The average molecular weight is 354 g/mol. The van der Waals surface area contributed by atoms with Gasteiger partial charge in [-0.25, -0.2) is 0 Å². The van der Waals surface area contributed by atoms with Crippen molar-refractivity contribution in [1.29, 1.82) is 0 Å². The van der Waals surface area contributed by atoms with Gasteiger partial charge in [0.15, 0.2) is 0 Å². The third kappa shape index (κ3) is 3.60. The van der Waals surface area contributed by atoms with Gasteiger partial charge in [-0.05, 0) is 70.7 Å². The number of pyridine rings is 1. The molecule has 0 radical (unpaired) electrons. The molecule has 1 aromatic carbocycles. The zero-order chi connectivity index (χ0) is 14.5. The molecule has 4 heteroatoms. The van der Waals surface area contributed by atoms with Gasteiger partial charge in [0.25, 0.3) is 0 Å². The fourth-order valence-corrected chi connectivity index (χ4v) is 2.68. The summed E-state index contributed by atoms with van der Waals surface area (Å²) in [4.78, 5) is 4.26. The Morgan fingerprint density at radius 1 is 1.35 bits per heavy atom. The average Bonchev–Trinajstić information content (AvgIpc) is 2.44. The van der Waals surface area contributed by atoms with E-state index < -0.39 is 0 Å². The van der Waals surface area contributed by atoms with Crippen molar-refractivity contribution in [3.05, 3.63) is 62.8 Å². The second-order valence-electron chi connectivity index (χ2n) is 4.79. The van der Waals surface area contributed by atoms with E-state index in [1.807, 2.05) is 24.5 Å². The van der Waals surface area contributed by atoms with Crippen molar-refractivity contribution in [3.63, 3.8) is 0 Å². The highest BCUT2D eigenvalue weighted by Gasteiger charge is 2.16. The summed E-state index contributed by atoms with van der Waals surface area (Å²) in [6.07, 6.45) is 4.85. The van der Waals surface area contributed by atoms with Crippen LogP contribution in [0.5, 0.6) is 0 Å². The monoisotopic (exact) mass is 352 g/mol. The minimum Gasteiger partial charge on any atom is -0.306 e. The molecule has 0 bridgehead atoms. The van der Waals surface area contributed by atoms with Crippen LogP contribution in [0.4, 0.5) is 0 Å². The maximum absolute atomic E-state index is 6.09. The van der Waals surface area contributed by atoms with Crippen LogP contribution >= 0.6 is 27.5 Å². The highest BCUT2D eigenvalue weighted by atomic mass is 79.9. The quantitative estimate of drug-likeness (QED) is 0.827. The fraction of sp³-hybridized carbons (Fsp3) is 0.312. The normalized spacial score (nSPS) is 12.4. The summed E-state index contributed by atoms with van der Waals surface area (Å²) in [6, 6.07) is 8.24. The lowest BCUT2D eigenvalue weighted by atomic mass is 9.96. The summed E-state index contributed by atoms with van der Waals surface area (Å²) in [7, 11) is 0. The number of halogens is 2. The number of rotatable bonds is 5. The molecule has 106 valence electrons. The summed E-state index contributed by atoms with van der Waals surface area (Å²) in [5.41, 5.74) is 3.63. The molecule has 0 aliphatic carbocycles. The molecule has 1 aromatic heterocycles. The summed E-state index contributed by atoms with van der Waals surface area (Å²) >= 11 is 9.59. The van der Waals surface area contributed by atoms with E-state index in [1.54, 1.807) is 0 Å². The Balaban J connectivity index is 2.41. The Labute approximate surface area is 133 Å². The second-order valence-corrected chi connectivity index (χ2v) is 6.05. The van der Waals surface area contributed by atoms with Gasteiger partial charge in [-0.3, -0.25) is 4.98 Å². The van der Waals surface area contributed by atoms with Crippen molar-refractivity contribution < 1.29 is 0 Å². The molecule has 0 aliphatic rings. The van der Waals surface area contributed by atoms with E-state index in [-0.39, 0.29) is 6.04 Å². The smallest absolute Gasteiger partial charge is 0.0595 e. The molecule has 0 saturated carbocycles. The van der Waals surface area contributed by atoms with Gasteiger partial charge in [-0.1, -0.05) is 24.6 Å². The van der Waals surface area contributed by atoms with Crippen molar-refractivity contribution in [2.45, 2.75) is 26.3 Å². The van der Waals surface area contributed by atoms with Crippen LogP contribution in [-0.2, 0) is 0 Å². The maximum atomic E-state index is 6.09. The zero-order valence-electron chi connectivity index (χ0n) is 11.7. The Morgan fingerprint density at radius 3 is 2.80 bits per heavy atom. The summed E-state index contributed by atoms with van der Waals surface area (Å²) < 4.78 is 0.918. The lowest BCUT2D eigenvalue weighted by Crippen LogP contribution is -2.24. The van der Waals surface area contributed by atoms with E-state index in [9.17, 15) is 0 Å². The van der Waals surface area contributed by atoms with Crippen LogP contribution < -0.4 is 5.32 Å². The van der Waals surface area contributed by atoms with Crippen LogP contribution in [0, 0.1) is 6.92 Å². The highest BCUT2D eigenvalue weighted by Crippen LogP contribution is 2.30. The first-order chi connectivity index (χ1) is 9.63. The molecule has 1 unspecified atom stereocenters. The summed E-state index contributed by atoms with van der Waals surface area (Å²) in [5.74, 6) is 0.